The number of amides is 1. The minimum atomic E-state index is -1.64. The smallest absolute Gasteiger partial charge is 0.259 e. The van der Waals surface area contributed by atoms with E-state index in [1.54, 1.807) is 6.92 Å². The molecule has 0 saturated heterocycles. The van der Waals surface area contributed by atoms with Gasteiger partial charge in [0.1, 0.15) is 10.7 Å². The molecular formula is C18H16F3N3O2S2. The highest BCUT2D eigenvalue weighted by Crippen LogP contribution is 2.27. The molecule has 2 aromatic heterocycles. The van der Waals surface area contributed by atoms with Gasteiger partial charge in [-0.15, -0.1) is 23.1 Å². The Kier molecular flexibility index (Phi) is 5.80. The van der Waals surface area contributed by atoms with Crippen molar-refractivity contribution in [1.29, 1.82) is 0 Å². The molecular weight excluding hydrogens is 411 g/mol. The van der Waals surface area contributed by atoms with Crippen LogP contribution in [-0.2, 0) is 10.5 Å². The summed E-state index contributed by atoms with van der Waals surface area (Å²) in [5.74, 6) is -4.35. The van der Waals surface area contributed by atoms with Crippen molar-refractivity contribution in [3.8, 4) is 0 Å². The first-order chi connectivity index (χ1) is 13.2. The second-order valence-corrected chi connectivity index (χ2v) is 8.67. The summed E-state index contributed by atoms with van der Waals surface area (Å²) < 4.78 is 39.9. The molecule has 0 fully saturated rings. The number of carbonyl (C=O) groups is 1. The van der Waals surface area contributed by atoms with Gasteiger partial charge in [0.15, 0.2) is 17.5 Å². The molecule has 0 aliphatic rings. The van der Waals surface area contributed by atoms with Crippen molar-refractivity contribution in [3.05, 3.63) is 56.2 Å². The number of rotatable bonds is 5. The zero-order valence-electron chi connectivity index (χ0n) is 15.2. The molecule has 2 heterocycles. The standard InChI is InChI=1S/C18H16F3N3O2S2/c1-7-8(2)28-18-13(7)17(26)23-12(24-18)6-27-9(3)16(25)22-11-5-4-10(19)14(20)15(11)21/h4-5,9H,6H2,1-3H3,(H,22,25)(H,23,24,26)/t9-/m1/s1. The molecule has 28 heavy (non-hydrogen) atoms. The summed E-state index contributed by atoms with van der Waals surface area (Å²) in [6.07, 6.45) is 0. The fourth-order valence-electron chi connectivity index (χ4n) is 2.50. The third-order valence-corrected chi connectivity index (χ3v) is 6.48. The lowest BCUT2D eigenvalue weighted by molar-refractivity contribution is -0.115. The van der Waals surface area contributed by atoms with Gasteiger partial charge in [0.2, 0.25) is 5.91 Å². The zero-order chi connectivity index (χ0) is 20.6. The van der Waals surface area contributed by atoms with E-state index in [1.807, 2.05) is 13.8 Å². The van der Waals surface area contributed by atoms with Gasteiger partial charge >= 0.3 is 0 Å². The number of aryl methyl sites for hydroxylation is 2. The van der Waals surface area contributed by atoms with Crippen LogP contribution in [-0.4, -0.2) is 21.1 Å². The lowest BCUT2D eigenvalue weighted by Crippen LogP contribution is -2.24. The topological polar surface area (TPSA) is 74.8 Å². The fraction of sp³-hybridized carbons (Fsp3) is 0.278. The van der Waals surface area contributed by atoms with Crippen LogP contribution in [0.2, 0.25) is 0 Å². The number of aromatic amines is 1. The summed E-state index contributed by atoms with van der Waals surface area (Å²) >= 11 is 2.59. The fourth-order valence-corrected chi connectivity index (χ4v) is 4.31. The molecule has 3 aromatic rings. The summed E-state index contributed by atoms with van der Waals surface area (Å²) in [5.41, 5.74) is 0.228. The SMILES string of the molecule is Cc1sc2nc(CS[C@H](C)C(=O)Nc3ccc(F)c(F)c3F)[nH]c(=O)c2c1C. The van der Waals surface area contributed by atoms with E-state index in [0.717, 1.165) is 22.6 Å². The molecule has 1 amide bonds. The molecule has 10 heteroatoms. The number of aromatic nitrogens is 2. The molecule has 1 aromatic carbocycles. The number of nitrogens with one attached hydrogen (secondary N) is 2. The maximum atomic E-state index is 13.7. The van der Waals surface area contributed by atoms with Crippen LogP contribution in [0.4, 0.5) is 18.9 Å². The quantitative estimate of drug-likeness (QED) is 0.596. The van der Waals surface area contributed by atoms with E-state index in [2.05, 4.69) is 15.3 Å². The lowest BCUT2D eigenvalue weighted by atomic mass is 10.2. The third-order valence-electron chi connectivity index (χ3n) is 4.22. The Bertz CT molecular complexity index is 1130. The van der Waals surface area contributed by atoms with Crippen molar-refractivity contribution in [3.63, 3.8) is 0 Å². The van der Waals surface area contributed by atoms with Crippen molar-refractivity contribution in [2.75, 3.05) is 5.32 Å². The van der Waals surface area contributed by atoms with Gasteiger partial charge in [-0.05, 0) is 38.5 Å². The molecule has 0 unspecified atom stereocenters. The average molecular weight is 427 g/mol. The molecule has 1 atom stereocenters. The Hall–Kier alpha value is -2.33. The van der Waals surface area contributed by atoms with Crippen molar-refractivity contribution in [2.45, 2.75) is 31.8 Å². The summed E-state index contributed by atoms with van der Waals surface area (Å²) in [6.45, 7) is 5.36. The highest BCUT2D eigenvalue weighted by Gasteiger charge is 2.20. The second kappa shape index (κ2) is 7.96. The van der Waals surface area contributed by atoms with Gasteiger partial charge in [-0.25, -0.2) is 18.2 Å². The monoisotopic (exact) mass is 427 g/mol. The maximum Gasteiger partial charge on any atom is 0.259 e. The Labute approximate surface area is 166 Å². The molecule has 0 spiro atoms. The minimum Gasteiger partial charge on any atom is -0.323 e. The van der Waals surface area contributed by atoms with Gasteiger partial charge in [-0.1, -0.05) is 0 Å². The second-order valence-electron chi connectivity index (χ2n) is 6.14. The van der Waals surface area contributed by atoms with Gasteiger partial charge in [-0.3, -0.25) is 9.59 Å². The largest absolute Gasteiger partial charge is 0.323 e. The number of thioether (sulfide) groups is 1. The number of benzene rings is 1. The first-order valence-electron chi connectivity index (χ1n) is 8.24. The van der Waals surface area contributed by atoms with Crippen LogP contribution >= 0.6 is 23.1 Å². The maximum absolute atomic E-state index is 13.7. The Morgan fingerprint density at radius 2 is 2.00 bits per heavy atom. The molecule has 0 aliphatic heterocycles. The normalized spacial score (nSPS) is 12.4. The van der Waals surface area contributed by atoms with Gasteiger partial charge in [0.25, 0.3) is 5.56 Å². The first kappa shape index (κ1) is 20.4. The summed E-state index contributed by atoms with van der Waals surface area (Å²) in [7, 11) is 0. The van der Waals surface area contributed by atoms with Gasteiger partial charge in [0.05, 0.1) is 22.1 Å². The first-order valence-corrected chi connectivity index (χ1v) is 10.1. The number of hydrogen-bond acceptors (Lipinski definition) is 5. The molecule has 2 N–H and O–H groups in total. The van der Waals surface area contributed by atoms with Crippen molar-refractivity contribution >= 4 is 44.9 Å². The molecule has 0 bridgehead atoms. The van der Waals surface area contributed by atoms with Crippen LogP contribution in [0.5, 0.6) is 0 Å². The van der Waals surface area contributed by atoms with Crippen molar-refractivity contribution in [2.24, 2.45) is 0 Å². The zero-order valence-corrected chi connectivity index (χ0v) is 16.8. The van der Waals surface area contributed by atoms with E-state index in [0.29, 0.717) is 16.0 Å². The van der Waals surface area contributed by atoms with Crippen LogP contribution in [0.25, 0.3) is 10.2 Å². The number of halogens is 3. The summed E-state index contributed by atoms with van der Waals surface area (Å²) in [5, 5.41) is 2.15. The number of hydrogen-bond donors (Lipinski definition) is 2. The number of H-pyrrole nitrogens is 1. The molecule has 3 rings (SSSR count). The molecule has 0 saturated carbocycles. The molecule has 0 aliphatic carbocycles. The van der Waals surface area contributed by atoms with Crippen LogP contribution in [0, 0.1) is 31.3 Å². The predicted octanol–water partition coefficient (Wildman–Crippen LogP) is 4.28. The molecule has 0 radical (unpaired) electrons. The number of fused-ring (bicyclic) bond motifs is 1. The van der Waals surface area contributed by atoms with E-state index in [-0.39, 0.29) is 11.3 Å². The Morgan fingerprint density at radius 1 is 1.29 bits per heavy atom. The highest BCUT2D eigenvalue weighted by molar-refractivity contribution is 7.99. The van der Waals surface area contributed by atoms with Gasteiger partial charge < -0.3 is 10.3 Å². The minimum absolute atomic E-state index is 0.233. The summed E-state index contributed by atoms with van der Waals surface area (Å²) in [4.78, 5) is 33.3. The van der Waals surface area contributed by atoms with Crippen LogP contribution < -0.4 is 10.9 Å². The van der Waals surface area contributed by atoms with E-state index >= 15 is 0 Å². The van der Waals surface area contributed by atoms with E-state index in [4.69, 9.17) is 0 Å². The summed E-state index contributed by atoms with van der Waals surface area (Å²) in [6, 6.07) is 1.69. The van der Waals surface area contributed by atoms with E-state index < -0.39 is 34.3 Å². The van der Waals surface area contributed by atoms with Crippen LogP contribution in [0.1, 0.15) is 23.2 Å². The van der Waals surface area contributed by atoms with Crippen LogP contribution in [0.3, 0.4) is 0 Å². The average Bonchev–Trinajstić information content (AvgIpc) is 2.94. The number of anilines is 1. The third kappa shape index (κ3) is 3.93. The van der Waals surface area contributed by atoms with Crippen LogP contribution in [0.15, 0.2) is 16.9 Å². The predicted molar refractivity (Wildman–Crippen MR) is 105 cm³/mol. The number of carbonyl (C=O) groups excluding carboxylic acids is 1. The van der Waals surface area contributed by atoms with Crippen molar-refractivity contribution in [1.82, 2.24) is 9.97 Å². The van der Waals surface area contributed by atoms with E-state index in [1.165, 1.54) is 23.1 Å². The van der Waals surface area contributed by atoms with Gasteiger partial charge in [0, 0.05) is 4.88 Å². The van der Waals surface area contributed by atoms with Gasteiger partial charge in [-0.2, -0.15) is 0 Å². The van der Waals surface area contributed by atoms with Crippen molar-refractivity contribution < 1.29 is 18.0 Å². The molecule has 5 nitrogen and oxygen atoms in total. The Balaban J connectivity index is 1.69. The molecule has 148 valence electrons. The lowest BCUT2D eigenvalue weighted by Gasteiger charge is -2.12. The van der Waals surface area contributed by atoms with E-state index in [9.17, 15) is 22.8 Å². The number of nitrogens with zero attached hydrogens (tertiary/aromatic N) is 1. The number of thiophene rings is 1. The Morgan fingerprint density at radius 3 is 2.71 bits per heavy atom. The highest BCUT2D eigenvalue weighted by atomic mass is 32.2.